The zero-order chi connectivity index (χ0) is 17.5. The Balaban J connectivity index is 1.92. The zero-order valence-electron chi connectivity index (χ0n) is 12.6. The van der Waals surface area contributed by atoms with E-state index in [1.165, 1.54) is 12.1 Å². The number of nitrogens with one attached hydrogen (secondary N) is 1. The van der Waals surface area contributed by atoms with Gasteiger partial charge in [-0.2, -0.15) is 0 Å². The third kappa shape index (κ3) is 5.27. The smallest absolute Gasteiger partial charge is 0.408 e. The van der Waals surface area contributed by atoms with Crippen LogP contribution in [-0.2, 0) is 22.6 Å². The first-order valence-corrected chi connectivity index (χ1v) is 7.92. The molecule has 1 amide bonds. The Bertz CT molecular complexity index is 717. The molecule has 0 heterocycles. The van der Waals surface area contributed by atoms with Crippen LogP contribution >= 0.6 is 15.9 Å². The minimum absolute atomic E-state index is 0.0266. The molecule has 1 unspecified atom stereocenters. The lowest BCUT2D eigenvalue weighted by Crippen LogP contribution is -2.42. The van der Waals surface area contributed by atoms with Gasteiger partial charge in [0.2, 0.25) is 0 Å². The standard InChI is InChI=1S/C17H16BrNO5/c18-14-4-2-1-3-12(14)10-24-17(23)19-15(16(21)22)9-11-5-7-13(20)8-6-11/h1-8,15,20H,9-10H2,(H,19,23)(H,21,22). The molecule has 0 spiro atoms. The van der Waals surface area contributed by atoms with Crippen molar-refractivity contribution in [3.05, 3.63) is 64.1 Å². The second-order valence-corrected chi connectivity index (χ2v) is 5.93. The summed E-state index contributed by atoms with van der Waals surface area (Å²) in [6.07, 6.45) is -0.725. The molecule has 2 rings (SSSR count). The Hall–Kier alpha value is -2.54. The van der Waals surface area contributed by atoms with Gasteiger partial charge in [0.25, 0.3) is 0 Å². The topological polar surface area (TPSA) is 95.9 Å². The van der Waals surface area contributed by atoms with E-state index in [1.54, 1.807) is 18.2 Å². The van der Waals surface area contributed by atoms with Crippen LogP contribution in [0, 0.1) is 0 Å². The molecule has 126 valence electrons. The number of phenolic OH excluding ortho intramolecular Hbond substituents is 1. The number of aromatic hydroxyl groups is 1. The lowest BCUT2D eigenvalue weighted by atomic mass is 10.1. The third-order valence-corrected chi connectivity index (χ3v) is 4.06. The third-order valence-electron chi connectivity index (χ3n) is 3.28. The molecular weight excluding hydrogens is 378 g/mol. The predicted octanol–water partition coefficient (Wildman–Crippen LogP) is 3.08. The van der Waals surface area contributed by atoms with Gasteiger partial charge in [0.1, 0.15) is 18.4 Å². The van der Waals surface area contributed by atoms with Gasteiger partial charge in [-0.1, -0.05) is 46.3 Å². The molecule has 2 aromatic rings. The first kappa shape index (κ1) is 17.8. The van der Waals surface area contributed by atoms with Crippen molar-refractivity contribution in [2.45, 2.75) is 19.1 Å². The van der Waals surface area contributed by atoms with Crippen molar-refractivity contribution in [2.75, 3.05) is 0 Å². The van der Waals surface area contributed by atoms with Crippen molar-refractivity contribution in [1.82, 2.24) is 5.32 Å². The number of halogens is 1. The largest absolute Gasteiger partial charge is 0.508 e. The van der Waals surface area contributed by atoms with Crippen LogP contribution in [0.4, 0.5) is 4.79 Å². The van der Waals surface area contributed by atoms with Gasteiger partial charge in [0, 0.05) is 16.5 Å². The van der Waals surface area contributed by atoms with E-state index in [1.807, 2.05) is 18.2 Å². The molecule has 0 radical (unpaired) electrons. The van der Waals surface area contributed by atoms with Gasteiger partial charge in [0.15, 0.2) is 0 Å². The number of carboxylic acid groups (broad SMARTS) is 1. The fourth-order valence-electron chi connectivity index (χ4n) is 2.01. The van der Waals surface area contributed by atoms with E-state index in [4.69, 9.17) is 4.74 Å². The fourth-order valence-corrected chi connectivity index (χ4v) is 2.41. The summed E-state index contributed by atoms with van der Waals surface area (Å²) in [4.78, 5) is 23.1. The number of phenols is 1. The number of alkyl carbamates (subject to hydrolysis) is 1. The average Bonchev–Trinajstić information content (AvgIpc) is 2.55. The predicted molar refractivity (Wildman–Crippen MR) is 90.7 cm³/mol. The second kappa shape index (κ2) is 8.35. The highest BCUT2D eigenvalue weighted by Gasteiger charge is 2.21. The highest BCUT2D eigenvalue weighted by molar-refractivity contribution is 9.10. The molecule has 0 bridgehead atoms. The van der Waals surface area contributed by atoms with E-state index < -0.39 is 18.1 Å². The fraction of sp³-hybridized carbons (Fsp3) is 0.176. The Morgan fingerprint density at radius 1 is 1.12 bits per heavy atom. The number of carbonyl (C=O) groups excluding carboxylic acids is 1. The SMILES string of the molecule is O=C(NC(Cc1ccc(O)cc1)C(=O)O)OCc1ccccc1Br. The van der Waals surface area contributed by atoms with Crippen LogP contribution in [0.5, 0.6) is 5.75 Å². The second-order valence-electron chi connectivity index (χ2n) is 5.07. The molecule has 0 fully saturated rings. The molecule has 0 aliphatic rings. The summed E-state index contributed by atoms with van der Waals surface area (Å²) >= 11 is 3.34. The molecule has 7 heteroatoms. The maximum absolute atomic E-state index is 11.8. The quantitative estimate of drug-likeness (QED) is 0.700. The zero-order valence-corrected chi connectivity index (χ0v) is 14.2. The van der Waals surface area contributed by atoms with Crippen molar-refractivity contribution < 1.29 is 24.5 Å². The number of ether oxygens (including phenoxy) is 1. The van der Waals surface area contributed by atoms with Crippen molar-refractivity contribution in [3.63, 3.8) is 0 Å². The monoisotopic (exact) mass is 393 g/mol. The maximum atomic E-state index is 11.8. The molecular formula is C17H16BrNO5. The van der Waals surface area contributed by atoms with Crippen LogP contribution in [0.2, 0.25) is 0 Å². The maximum Gasteiger partial charge on any atom is 0.408 e. The van der Waals surface area contributed by atoms with Gasteiger partial charge in [-0.15, -0.1) is 0 Å². The van der Waals surface area contributed by atoms with Crippen molar-refractivity contribution in [3.8, 4) is 5.75 Å². The average molecular weight is 394 g/mol. The summed E-state index contributed by atoms with van der Waals surface area (Å²) in [5, 5.41) is 20.8. The number of rotatable bonds is 6. The Morgan fingerprint density at radius 2 is 1.79 bits per heavy atom. The van der Waals surface area contributed by atoms with Gasteiger partial charge >= 0.3 is 12.1 Å². The number of carbonyl (C=O) groups is 2. The van der Waals surface area contributed by atoms with Crippen LogP contribution in [0.15, 0.2) is 53.0 Å². The van der Waals surface area contributed by atoms with Crippen LogP contribution in [0.3, 0.4) is 0 Å². The van der Waals surface area contributed by atoms with Crippen LogP contribution in [-0.4, -0.2) is 28.3 Å². The number of hydrogen-bond acceptors (Lipinski definition) is 4. The molecule has 2 aromatic carbocycles. The molecule has 3 N–H and O–H groups in total. The number of hydrogen-bond donors (Lipinski definition) is 3. The molecule has 0 aliphatic carbocycles. The van der Waals surface area contributed by atoms with Crippen molar-refractivity contribution in [2.24, 2.45) is 0 Å². The lowest BCUT2D eigenvalue weighted by Gasteiger charge is -2.15. The minimum atomic E-state index is -1.17. The van der Waals surface area contributed by atoms with Gasteiger partial charge in [0.05, 0.1) is 0 Å². The van der Waals surface area contributed by atoms with E-state index in [-0.39, 0.29) is 18.8 Å². The van der Waals surface area contributed by atoms with Crippen molar-refractivity contribution in [1.29, 1.82) is 0 Å². The van der Waals surface area contributed by atoms with E-state index in [9.17, 15) is 19.8 Å². The molecule has 0 saturated heterocycles. The van der Waals surface area contributed by atoms with Crippen LogP contribution < -0.4 is 5.32 Å². The number of benzene rings is 2. The lowest BCUT2D eigenvalue weighted by molar-refractivity contribution is -0.139. The van der Waals surface area contributed by atoms with Gasteiger partial charge in [-0.05, 0) is 23.8 Å². The number of amides is 1. The molecule has 0 saturated carbocycles. The number of aliphatic carboxylic acids is 1. The van der Waals surface area contributed by atoms with E-state index in [0.29, 0.717) is 5.56 Å². The van der Waals surface area contributed by atoms with E-state index in [0.717, 1.165) is 10.0 Å². The molecule has 0 aliphatic heterocycles. The minimum Gasteiger partial charge on any atom is -0.508 e. The summed E-state index contributed by atoms with van der Waals surface area (Å²) in [7, 11) is 0. The normalized spacial score (nSPS) is 11.5. The first-order valence-electron chi connectivity index (χ1n) is 7.13. The van der Waals surface area contributed by atoms with Gasteiger partial charge < -0.3 is 20.3 Å². The summed E-state index contributed by atoms with van der Waals surface area (Å²) in [6, 6.07) is 12.3. The van der Waals surface area contributed by atoms with E-state index in [2.05, 4.69) is 21.2 Å². The van der Waals surface area contributed by atoms with Crippen LogP contribution in [0.25, 0.3) is 0 Å². The van der Waals surface area contributed by atoms with Gasteiger partial charge in [-0.25, -0.2) is 9.59 Å². The molecule has 0 aromatic heterocycles. The van der Waals surface area contributed by atoms with E-state index >= 15 is 0 Å². The molecule has 6 nitrogen and oxygen atoms in total. The molecule has 24 heavy (non-hydrogen) atoms. The number of carboxylic acids is 1. The molecule has 1 atom stereocenters. The summed E-state index contributed by atoms with van der Waals surface area (Å²) < 4.78 is 5.87. The van der Waals surface area contributed by atoms with Crippen LogP contribution in [0.1, 0.15) is 11.1 Å². The van der Waals surface area contributed by atoms with Crippen molar-refractivity contribution >= 4 is 28.0 Å². The highest BCUT2D eigenvalue weighted by atomic mass is 79.9. The Kier molecular flexibility index (Phi) is 6.20. The summed E-state index contributed by atoms with van der Waals surface area (Å²) in [6.45, 7) is 0.0266. The Labute approximate surface area is 147 Å². The summed E-state index contributed by atoms with van der Waals surface area (Å²) in [5.41, 5.74) is 1.45. The first-order chi connectivity index (χ1) is 11.5. The summed E-state index contributed by atoms with van der Waals surface area (Å²) in [5.74, 6) is -1.08. The van der Waals surface area contributed by atoms with Gasteiger partial charge in [-0.3, -0.25) is 0 Å². The Morgan fingerprint density at radius 3 is 2.42 bits per heavy atom. The highest BCUT2D eigenvalue weighted by Crippen LogP contribution is 2.16.